The smallest absolute Gasteiger partial charge is 0.123 e. The van der Waals surface area contributed by atoms with E-state index >= 15 is 0 Å². The molecule has 4 atom stereocenters. The molecule has 2 aliphatic heterocycles. The van der Waals surface area contributed by atoms with Crippen LogP contribution in [0.4, 0.5) is 0 Å². The Kier molecular flexibility index (Phi) is 70.1. The molecule has 2 heterocycles. The average molecular weight is 514 g/mol. The van der Waals surface area contributed by atoms with Crippen LogP contribution in [0.25, 0.3) is 0 Å². The molecule has 4 aliphatic rings. The Balaban J connectivity index is -0.0000000259. The zero-order valence-electron chi connectivity index (χ0n) is 10.6. The van der Waals surface area contributed by atoms with Crippen LogP contribution in [0.15, 0.2) is 18.2 Å². The molecule has 1 spiro atoms. The van der Waals surface area contributed by atoms with E-state index in [-0.39, 0.29) is 126 Å². The first-order valence-corrected chi connectivity index (χ1v) is 7.42. The third-order valence-electron chi connectivity index (χ3n) is 5.94. The molecule has 2 heteroatoms. The van der Waals surface area contributed by atoms with Gasteiger partial charge in [0.1, 0.15) is 11.9 Å². The van der Waals surface area contributed by atoms with E-state index in [0.717, 1.165) is 5.92 Å². The summed E-state index contributed by atoms with van der Waals surface area (Å²) in [5.41, 5.74) is 3.54. The Morgan fingerprint density at radius 3 is 1.71 bits per heavy atom. The Bertz CT molecular complexity index is 528. The van der Waals surface area contributed by atoms with E-state index in [1.165, 1.54) is 44.4 Å². The van der Waals surface area contributed by atoms with E-state index in [0.29, 0.717) is 17.6 Å². The molecule has 2 fully saturated rings. The maximum absolute atomic E-state index is 6.35. The summed E-state index contributed by atoms with van der Waals surface area (Å²) in [6.07, 6.45) is 6.97. The summed E-state index contributed by atoms with van der Waals surface area (Å²) >= 11 is 0. The quantitative estimate of drug-likeness (QED) is 0.372. The molecule has 1 saturated carbocycles. The molecular weight excluding hydrogens is 426 g/mol. The summed E-state index contributed by atoms with van der Waals surface area (Å²) in [6, 6.07) is 7.41. The molecular formula is C33H87NO. The van der Waals surface area contributed by atoms with Crippen LogP contribution in [0.3, 0.4) is 0 Å². The van der Waals surface area contributed by atoms with Crippen molar-refractivity contribution in [2.24, 2.45) is 5.92 Å². The van der Waals surface area contributed by atoms with Gasteiger partial charge in [0.15, 0.2) is 0 Å². The fourth-order valence-corrected chi connectivity index (χ4v) is 5.40. The predicted octanol–water partition coefficient (Wildman–Crippen LogP) is 13.2. The van der Waals surface area contributed by atoms with Crippen LogP contribution in [-0.2, 0) is 11.8 Å². The van der Waals surface area contributed by atoms with Crippen molar-refractivity contribution >= 4 is 0 Å². The zero-order chi connectivity index (χ0) is 11.7. The number of ether oxygens (including phenoxy) is 1. The van der Waals surface area contributed by atoms with Gasteiger partial charge in [-0.15, -0.1) is 0 Å². The molecule has 2 bridgehead atoms. The lowest BCUT2D eigenvalue weighted by Gasteiger charge is -2.55. The second-order valence-corrected chi connectivity index (χ2v) is 6.49. The molecule has 230 valence electrons. The van der Waals surface area contributed by atoms with Crippen molar-refractivity contribution in [1.82, 2.24) is 5.32 Å². The molecule has 5 rings (SSSR count). The number of rotatable bonds is 0. The van der Waals surface area contributed by atoms with Crippen LogP contribution in [0.1, 0.15) is 163 Å². The summed E-state index contributed by atoms with van der Waals surface area (Å²) in [4.78, 5) is 0. The van der Waals surface area contributed by atoms with Gasteiger partial charge < -0.3 is 10.1 Å². The van der Waals surface area contributed by atoms with Crippen LogP contribution in [0.5, 0.6) is 5.75 Å². The van der Waals surface area contributed by atoms with Crippen LogP contribution in [0.2, 0.25) is 0 Å². The van der Waals surface area contributed by atoms with E-state index in [9.17, 15) is 0 Å². The van der Waals surface area contributed by atoms with Crippen molar-refractivity contribution in [3.05, 3.63) is 29.3 Å². The van der Waals surface area contributed by atoms with Crippen molar-refractivity contribution in [1.29, 1.82) is 0 Å². The van der Waals surface area contributed by atoms with Gasteiger partial charge in [0.2, 0.25) is 0 Å². The number of benzene rings is 1. The normalized spacial score (nSPS) is 22.2. The Morgan fingerprint density at radius 1 is 0.686 bits per heavy atom. The fourth-order valence-electron chi connectivity index (χ4n) is 5.40. The van der Waals surface area contributed by atoms with Gasteiger partial charge in [-0.3, -0.25) is 0 Å². The molecule has 1 aromatic rings. The van der Waals surface area contributed by atoms with Crippen molar-refractivity contribution in [2.75, 3.05) is 6.54 Å². The van der Waals surface area contributed by atoms with Gasteiger partial charge in [-0.1, -0.05) is 138 Å². The van der Waals surface area contributed by atoms with Crippen LogP contribution in [0, 0.1) is 5.92 Å². The van der Waals surface area contributed by atoms with Crippen LogP contribution >= 0.6 is 0 Å². The molecule has 35 heavy (non-hydrogen) atoms. The van der Waals surface area contributed by atoms with E-state index < -0.39 is 0 Å². The maximum atomic E-state index is 6.35. The number of hydrogen-bond acceptors (Lipinski definition) is 2. The number of hydrogen-bond donors (Lipinski definition) is 1. The molecule has 1 N–H and O–H groups in total. The molecule has 2 nitrogen and oxygen atoms in total. The summed E-state index contributed by atoms with van der Waals surface area (Å²) < 4.78 is 6.35. The Hall–Kier alpha value is -1.02. The molecule has 0 aromatic heterocycles. The molecule has 1 saturated heterocycles. The summed E-state index contributed by atoms with van der Waals surface area (Å²) in [7, 11) is 0. The first-order valence-electron chi connectivity index (χ1n) is 7.42. The summed E-state index contributed by atoms with van der Waals surface area (Å²) in [6.45, 7) is 1.18. The Labute approximate surface area is 233 Å². The van der Waals surface area contributed by atoms with Crippen LogP contribution in [-0.4, -0.2) is 18.7 Å². The summed E-state index contributed by atoms with van der Waals surface area (Å²) in [5.74, 6) is 2.03. The highest BCUT2D eigenvalue weighted by molar-refractivity contribution is 5.54. The van der Waals surface area contributed by atoms with Gasteiger partial charge >= 0.3 is 0 Å². The van der Waals surface area contributed by atoms with E-state index in [4.69, 9.17) is 4.74 Å². The molecule has 0 radical (unpaired) electrons. The molecule has 1 aromatic carbocycles. The lowest BCUT2D eigenvalue weighted by molar-refractivity contribution is 0.00338. The minimum absolute atomic E-state index is 0. The van der Waals surface area contributed by atoms with Crippen molar-refractivity contribution < 1.29 is 4.74 Å². The topological polar surface area (TPSA) is 21.3 Å². The van der Waals surface area contributed by atoms with Crippen molar-refractivity contribution in [2.45, 2.75) is 176 Å². The van der Waals surface area contributed by atoms with E-state index in [1.807, 2.05) is 0 Å². The van der Waals surface area contributed by atoms with Gasteiger partial charge in [0.25, 0.3) is 0 Å². The first-order chi connectivity index (χ1) is 8.89. The zero-order valence-corrected chi connectivity index (χ0v) is 10.6. The second-order valence-electron chi connectivity index (χ2n) is 6.49. The van der Waals surface area contributed by atoms with Crippen molar-refractivity contribution in [3.63, 3.8) is 0 Å². The number of piperidine rings is 1. The molecule has 0 amide bonds. The standard InChI is InChI=1S/C16H19NO.17CH4/c1-3-10-9-12-11-4-2-6-14-16(11,7-8-17-12)15(10)13(5-1)18-14;;;;;;;;;;;;;;;;;/h1,3,5,11-12,14,17H,2,4,6-9H2;17*1H4. The fraction of sp³-hybridized carbons (Fsp3) is 0.818. The van der Waals surface area contributed by atoms with Gasteiger partial charge in [-0.05, 0) is 56.2 Å². The van der Waals surface area contributed by atoms with Gasteiger partial charge in [0.05, 0.1) is 0 Å². The van der Waals surface area contributed by atoms with E-state index in [1.54, 1.807) is 11.1 Å². The lowest BCUT2D eigenvalue weighted by atomic mass is 9.52. The SMILES string of the molecule is C.C.C.C.C.C.C.C.C.C.C.C.C.C.C.C.C.c1cc2c3c(c1)OC1CCCC4C(C2)NCCC314. The monoisotopic (exact) mass is 514 g/mol. The Morgan fingerprint density at radius 2 is 1.20 bits per heavy atom. The third-order valence-corrected chi connectivity index (χ3v) is 5.94. The summed E-state index contributed by atoms with van der Waals surface area (Å²) in [5, 5.41) is 3.77. The van der Waals surface area contributed by atoms with E-state index in [2.05, 4.69) is 23.5 Å². The highest BCUT2D eigenvalue weighted by Gasteiger charge is 2.61. The lowest BCUT2D eigenvalue weighted by Crippen LogP contribution is -2.63. The average Bonchev–Trinajstić information content (AvgIpc) is 2.70. The molecule has 4 unspecified atom stereocenters. The minimum Gasteiger partial charge on any atom is -0.489 e. The highest BCUT2D eigenvalue weighted by atomic mass is 16.5. The number of nitrogens with one attached hydrogen (secondary N) is 1. The molecule has 2 aliphatic carbocycles. The third kappa shape index (κ3) is 10.1. The second kappa shape index (κ2) is 29.2. The first kappa shape index (κ1) is 84.0. The van der Waals surface area contributed by atoms with Gasteiger partial charge in [-0.25, -0.2) is 0 Å². The maximum Gasteiger partial charge on any atom is 0.123 e. The van der Waals surface area contributed by atoms with Crippen molar-refractivity contribution in [3.8, 4) is 5.75 Å². The highest BCUT2D eigenvalue weighted by Crippen LogP contribution is 2.60. The van der Waals surface area contributed by atoms with Gasteiger partial charge in [0, 0.05) is 17.0 Å². The minimum atomic E-state index is 0. The largest absolute Gasteiger partial charge is 0.489 e. The van der Waals surface area contributed by atoms with Gasteiger partial charge in [-0.2, -0.15) is 0 Å². The predicted molar refractivity (Wildman–Crippen MR) is 184 cm³/mol. The van der Waals surface area contributed by atoms with Crippen LogP contribution < -0.4 is 10.1 Å².